The summed E-state index contributed by atoms with van der Waals surface area (Å²) in [5, 5.41) is 11.3. The molecule has 0 saturated carbocycles. The molecule has 0 aliphatic carbocycles. The molecule has 2 aromatic carbocycles. The summed E-state index contributed by atoms with van der Waals surface area (Å²) in [6.45, 7) is 5.77. The molecule has 1 aliphatic heterocycles. The molecule has 1 amide bonds. The summed E-state index contributed by atoms with van der Waals surface area (Å²) in [4.78, 5) is 14.6. The molecule has 1 N–H and O–H groups in total. The molecule has 5 nitrogen and oxygen atoms in total. The lowest BCUT2D eigenvalue weighted by atomic mass is 10.00. The second-order valence-electron chi connectivity index (χ2n) is 6.97. The summed E-state index contributed by atoms with van der Waals surface area (Å²) >= 11 is 0. The van der Waals surface area contributed by atoms with Crippen molar-refractivity contribution in [2.45, 2.75) is 26.8 Å². The molecule has 2 heterocycles. The molecule has 0 fully saturated rings. The number of hydrogen-bond donors (Lipinski definition) is 1. The van der Waals surface area contributed by atoms with Crippen LogP contribution in [-0.2, 0) is 13.0 Å². The maximum Gasteiger partial charge on any atom is 0.256 e. The van der Waals surface area contributed by atoms with Gasteiger partial charge >= 0.3 is 0 Å². The van der Waals surface area contributed by atoms with E-state index in [1.807, 2.05) is 44.2 Å². The van der Waals surface area contributed by atoms with Gasteiger partial charge in [-0.3, -0.25) is 4.79 Å². The van der Waals surface area contributed by atoms with Gasteiger partial charge in [-0.25, -0.2) is 0 Å². The Morgan fingerprint density at radius 1 is 0.963 bits per heavy atom. The highest BCUT2D eigenvalue weighted by molar-refractivity contribution is 6.03. The van der Waals surface area contributed by atoms with Crippen LogP contribution < -0.4 is 10.2 Å². The summed E-state index contributed by atoms with van der Waals surface area (Å²) < 4.78 is 0. The van der Waals surface area contributed by atoms with Gasteiger partial charge in [0.05, 0.1) is 0 Å². The Hall–Kier alpha value is -3.21. The van der Waals surface area contributed by atoms with Crippen molar-refractivity contribution in [2.24, 2.45) is 0 Å². The van der Waals surface area contributed by atoms with Crippen molar-refractivity contribution in [1.29, 1.82) is 0 Å². The Labute approximate surface area is 159 Å². The van der Waals surface area contributed by atoms with E-state index in [0.717, 1.165) is 30.9 Å². The van der Waals surface area contributed by atoms with E-state index in [9.17, 15) is 4.79 Å². The van der Waals surface area contributed by atoms with E-state index in [4.69, 9.17) is 0 Å². The van der Waals surface area contributed by atoms with Crippen LogP contribution in [0.1, 0.15) is 32.6 Å². The summed E-state index contributed by atoms with van der Waals surface area (Å²) in [6, 6.07) is 17.9. The van der Waals surface area contributed by atoms with Crippen LogP contribution in [0.2, 0.25) is 0 Å². The minimum Gasteiger partial charge on any atom is -0.350 e. The predicted molar refractivity (Wildman–Crippen MR) is 107 cm³/mol. The van der Waals surface area contributed by atoms with E-state index in [1.54, 1.807) is 0 Å². The van der Waals surface area contributed by atoms with Crippen molar-refractivity contribution in [3.8, 4) is 0 Å². The van der Waals surface area contributed by atoms with Crippen molar-refractivity contribution in [2.75, 3.05) is 16.8 Å². The van der Waals surface area contributed by atoms with Gasteiger partial charge < -0.3 is 10.2 Å². The average Bonchev–Trinajstić information content (AvgIpc) is 2.70. The van der Waals surface area contributed by atoms with Crippen LogP contribution in [0.15, 0.2) is 54.6 Å². The Bertz CT molecular complexity index is 982. The molecule has 4 rings (SSSR count). The standard InChI is InChI=1S/C22H22N4O/c1-15-7-8-18(13-16(15)2)22(27)23-20-9-10-21(25-24-20)26-12-11-17-5-3-4-6-19(17)14-26/h3-10,13H,11-12,14H2,1-2H3,(H,23,24,27). The van der Waals surface area contributed by atoms with Gasteiger partial charge in [0.25, 0.3) is 5.91 Å². The molecule has 5 heteroatoms. The largest absolute Gasteiger partial charge is 0.350 e. The zero-order chi connectivity index (χ0) is 18.8. The summed E-state index contributed by atoms with van der Waals surface area (Å²) in [6.07, 6.45) is 1.00. The first-order valence-electron chi connectivity index (χ1n) is 9.14. The van der Waals surface area contributed by atoms with Gasteiger partial charge in [0.1, 0.15) is 0 Å². The third-order valence-electron chi connectivity index (χ3n) is 5.12. The van der Waals surface area contributed by atoms with E-state index in [0.29, 0.717) is 11.4 Å². The Balaban J connectivity index is 1.45. The maximum absolute atomic E-state index is 12.4. The molecule has 0 radical (unpaired) electrons. The molecule has 1 aliphatic rings. The van der Waals surface area contributed by atoms with Crippen molar-refractivity contribution in [1.82, 2.24) is 10.2 Å². The molecular formula is C22H22N4O. The SMILES string of the molecule is Cc1ccc(C(=O)Nc2ccc(N3CCc4ccccc4C3)nn2)cc1C. The number of nitrogens with one attached hydrogen (secondary N) is 1. The molecule has 1 aromatic heterocycles. The smallest absolute Gasteiger partial charge is 0.256 e. The minimum atomic E-state index is -0.174. The van der Waals surface area contributed by atoms with Gasteiger partial charge in [-0.15, -0.1) is 10.2 Å². The molecule has 0 saturated heterocycles. The lowest BCUT2D eigenvalue weighted by Crippen LogP contribution is -2.31. The fraction of sp³-hybridized carbons (Fsp3) is 0.227. The van der Waals surface area contributed by atoms with Gasteiger partial charge in [-0.2, -0.15) is 0 Å². The number of carbonyl (C=O) groups excluding carboxylic acids is 1. The van der Waals surface area contributed by atoms with Gasteiger partial charge in [0.15, 0.2) is 11.6 Å². The van der Waals surface area contributed by atoms with Crippen LogP contribution in [0.3, 0.4) is 0 Å². The molecule has 0 spiro atoms. The van der Waals surface area contributed by atoms with Crippen LogP contribution in [0, 0.1) is 13.8 Å². The number of rotatable bonds is 3. The predicted octanol–water partition coefficient (Wildman–Crippen LogP) is 3.91. The number of carbonyl (C=O) groups is 1. The normalized spacial score (nSPS) is 13.2. The number of nitrogens with zero attached hydrogens (tertiary/aromatic N) is 3. The van der Waals surface area contributed by atoms with Crippen molar-refractivity contribution in [3.05, 3.63) is 82.4 Å². The third kappa shape index (κ3) is 3.67. The number of hydrogen-bond acceptors (Lipinski definition) is 4. The van der Waals surface area contributed by atoms with Crippen molar-refractivity contribution >= 4 is 17.5 Å². The number of benzene rings is 2. The topological polar surface area (TPSA) is 58.1 Å². The highest BCUT2D eigenvalue weighted by Gasteiger charge is 2.17. The Morgan fingerprint density at radius 2 is 1.78 bits per heavy atom. The average molecular weight is 358 g/mol. The number of anilines is 2. The number of aryl methyl sites for hydroxylation is 2. The number of amides is 1. The molecular weight excluding hydrogens is 336 g/mol. The van der Waals surface area contributed by atoms with Crippen molar-refractivity contribution < 1.29 is 4.79 Å². The quantitative estimate of drug-likeness (QED) is 0.771. The zero-order valence-corrected chi connectivity index (χ0v) is 15.6. The van der Waals surface area contributed by atoms with E-state index in [1.165, 1.54) is 16.7 Å². The zero-order valence-electron chi connectivity index (χ0n) is 15.6. The van der Waals surface area contributed by atoms with E-state index >= 15 is 0 Å². The number of aromatic nitrogens is 2. The highest BCUT2D eigenvalue weighted by atomic mass is 16.1. The second-order valence-corrected chi connectivity index (χ2v) is 6.97. The van der Waals surface area contributed by atoms with Crippen LogP contribution in [0.5, 0.6) is 0 Å². The molecule has 3 aromatic rings. The fourth-order valence-electron chi connectivity index (χ4n) is 3.32. The van der Waals surface area contributed by atoms with Gasteiger partial charge in [-0.05, 0) is 66.8 Å². The lowest BCUT2D eigenvalue weighted by Gasteiger charge is -2.29. The first kappa shape index (κ1) is 17.2. The third-order valence-corrected chi connectivity index (χ3v) is 5.12. The molecule has 0 atom stereocenters. The summed E-state index contributed by atoms with van der Waals surface area (Å²) in [5.41, 5.74) is 5.61. The summed E-state index contributed by atoms with van der Waals surface area (Å²) in [7, 11) is 0. The van der Waals surface area contributed by atoms with Crippen LogP contribution in [0.25, 0.3) is 0 Å². The first-order valence-corrected chi connectivity index (χ1v) is 9.14. The Morgan fingerprint density at radius 3 is 2.52 bits per heavy atom. The molecule has 136 valence electrons. The molecule has 0 bridgehead atoms. The fourth-order valence-corrected chi connectivity index (χ4v) is 3.32. The monoisotopic (exact) mass is 358 g/mol. The van der Waals surface area contributed by atoms with Gasteiger partial charge in [-0.1, -0.05) is 30.3 Å². The van der Waals surface area contributed by atoms with Crippen LogP contribution in [-0.4, -0.2) is 22.6 Å². The van der Waals surface area contributed by atoms with Crippen molar-refractivity contribution in [3.63, 3.8) is 0 Å². The van der Waals surface area contributed by atoms with Crippen LogP contribution in [0.4, 0.5) is 11.6 Å². The second kappa shape index (κ2) is 7.19. The lowest BCUT2D eigenvalue weighted by molar-refractivity contribution is 0.102. The molecule has 27 heavy (non-hydrogen) atoms. The molecule has 0 unspecified atom stereocenters. The highest BCUT2D eigenvalue weighted by Crippen LogP contribution is 2.23. The van der Waals surface area contributed by atoms with Gasteiger partial charge in [0.2, 0.25) is 0 Å². The van der Waals surface area contributed by atoms with Crippen LogP contribution >= 0.6 is 0 Å². The first-order chi connectivity index (χ1) is 13.1. The number of fused-ring (bicyclic) bond motifs is 1. The Kier molecular flexibility index (Phi) is 4.59. The van der Waals surface area contributed by atoms with Gasteiger partial charge in [0, 0.05) is 18.7 Å². The van der Waals surface area contributed by atoms with E-state index in [2.05, 4.69) is 44.7 Å². The maximum atomic E-state index is 12.4. The minimum absolute atomic E-state index is 0.174. The summed E-state index contributed by atoms with van der Waals surface area (Å²) in [5.74, 6) is 1.11. The van der Waals surface area contributed by atoms with E-state index in [-0.39, 0.29) is 5.91 Å². The van der Waals surface area contributed by atoms with E-state index < -0.39 is 0 Å².